The van der Waals surface area contributed by atoms with Crippen molar-refractivity contribution in [3.05, 3.63) is 0 Å². The molecule has 86 valence electrons. The van der Waals surface area contributed by atoms with E-state index in [-0.39, 0.29) is 5.60 Å². The fraction of sp³-hybridized carbons (Fsp3) is 1.00. The van der Waals surface area contributed by atoms with Gasteiger partial charge in [-0.1, -0.05) is 0 Å². The van der Waals surface area contributed by atoms with Crippen molar-refractivity contribution in [3.8, 4) is 0 Å². The monoisotopic (exact) mass is 209 g/mol. The number of ether oxygens (including phenoxy) is 1. The van der Waals surface area contributed by atoms with Crippen LogP contribution < -0.4 is 5.73 Å². The van der Waals surface area contributed by atoms with Crippen molar-refractivity contribution in [1.82, 2.24) is 0 Å². The minimum atomic E-state index is -0.453. The van der Waals surface area contributed by atoms with Crippen LogP contribution in [0.4, 0.5) is 0 Å². The molecule has 2 N–H and O–H groups in total. The first-order valence-electron chi connectivity index (χ1n) is 6.43. The lowest BCUT2D eigenvalue weighted by Crippen LogP contribution is -2.56. The molecule has 4 saturated carbocycles. The van der Waals surface area contributed by atoms with Crippen molar-refractivity contribution in [3.63, 3.8) is 0 Å². The van der Waals surface area contributed by atoms with E-state index in [1.54, 1.807) is 0 Å². The third-order valence-corrected chi connectivity index (χ3v) is 4.46. The van der Waals surface area contributed by atoms with E-state index in [0.29, 0.717) is 0 Å². The first-order valence-corrected chi connectivity index (χ1v) is 6.43. The smallest absolute Gasteiger partial charge is 0.111 e. The largest absolute Gasteiger partial charge is 0.355 e. The van der Waals surface area contributed by atoms with Crippen LogP contribution in [0, 0.1) is 17.8 Å². The summed E-state index contributed by atoms with van der Waals surface area (Å²) in [6.07, 6.45) is 8.23. The van der Waals surface area contributed by atoms with Crippen molar-refractivity contribution in [2.75, 3.05) is 0 Å². The lowest BCUT2D eigenvalue weighted by molar-refractivity contribution is -0.213. The lowest BCUT2D eigenvalue weighted by Gasteiger charge is -2.57. The molecule has 2 nitrogen and oxygen atoms in total. The van der Waals surface area contributed by atoms with Gasteiger partial charge >= 0.3 is 0 Å². The van der Waals surface area contributed by atoms with Crippen molar-refractivity contribution in [2.24, 2.45) is 23.5 Å². The highest BCUT2D eigenvalue weighted by atomic mass is 16.5. The molecule has 0 saturated heterocycles. The molecule has 0 spiro atoms. The second-order valence-electron chi connectivity index (χ2n) is 6.81. The molecule has 0 radical (unpaired) electrons. The number of nitrogens with two attached hydrogens (primary N) is 1. The Balaban J connectivity index is 1.81. The van der Waals surface area contributed by atoms with E-state index >= 15 is 0 Å². The first kappa shape index (κ1) is 10.1. The maximum atomic E-state index is 6.22. The number of hydrogen-bond acceptors (Lipinski definition) is 2. The Bertz CT molecular complexity index is 231. The van der Waals surface area contributed by atoms with Crippen LogP contribution in [0.1, 0.15) is 52.4 Å². The second kappa shape index (κ2) is 2.98. The standard InChI is InChI=1S/C13H23NO/c1-12(2,14)15-13-6-9-3-10(7-13)5-11(4-9)8-13/h9-11H,3-8,14H2,1-2H3. The van der Waals surface area contributed by atoms with Crippen LogP contribution in [-0.4, -0.2) is 11.3 Å². The van der Waals surface area contributed by atoms with Gasteiger partial charge in [-0.25, -0.2) is 0 Å². The maximum absolute atomic E-state index is 6.22. The Hall–Kier alpha value is -0.0800. The third-order valence-electron chi connectivity index (χ3n) is 4.46. The highest BCUT2D eigenvalue weighted by Crippen LogP contribution is 2.57. The molecule has 4 bridgehead atoms. The van der Waals surface area contributed by atoms with Crippen LogP contribution in [0.3, 0.4) is 0 Å². The van der Waals surface area contributed by atoms with Gasteiger partial charge in [0.05, 0.1) is 5.60 Å². The van der Waals surface area contributed by atoms with Crippen molar-refractivity contribution in [1.29, 1.82) is 0 Å². The van der Waals surface area contributed by atoms with Gasteiger partial charge in [0.15, 0.2) is 0 Å². The maximum Gasteiger partial charge on any atom is 0.111 e. The summed E-state index contributed by atoms with van der Waals surface area (Å²) >= 11 is 0. The number of hydrogen-bond donors (Lipinski definition) is 1. The Morgan fingerprint density at radius 1 is 1.00 bits per heavy atom. The van der Waals surface area contributed by atoms with E-state index in [9.17, 15) is 0 Å². The topological polar surface area (TPSA) is 35.2 Å². The number of rotatable bonds is 2. The zero-order valence-corrected chi connectivity index (χ0v) is 9.96. The lowest BCUT2D eigenvalue weighted by atomic mass is 9.54. The fourth-order valence-electron chi connectivity index (χ4n) is 4.71. The molecule has 2 heteroatoms. The zero-order valence-electron chi connectivity index (χ0n) is 9.96. The molecular formula is C13H23NO. The average Bonchev–Trinajstić information content (AvgIpc) is 1.94. The summed E-state index contributed by atoms with van der Waals surface area (Å²) in [5, 5.41) is 0. The van der Waals surface area contributed by atoms with Gasteiger partial charge in [-0.2, -0.15) is 0 Å². The molecule has 0 heterocycles. The molecule has 0 aliphatic heterocycles. The van der Waals surface area contributed by atoms with E-state index in [4.69, 9.17) is 10.5 Å². The minimum Gasteiger partial charge on any atom is -0.355 e. The van der Waals surface area contributed by atoms with Crippen LogP contribution in [-0.2, 0) is 4.74 Å². The summed E-state index contributed by atoms with van der Waals surface area (Å²) in [6, 6.07) is 0. The molecule has 0 amide bonds. The normalized spacial score (nSPS) is 48.6. The van der Waals surface area contributed by atoms with Gasteiger partial charge in [-0.3, -0.25) is 0 Å². The Morgan fingerprint density at radius 2 is 1.40 bits per heavy atom. The molecular weight excluding hydrogens is 186 g/mol. The Morgan fingerprint density at radius 3 is 1.73 bits per heavy atom. The Kier molecular flexibility index (Phi) is 2.01. The Labute approximate surface area is 92.6 Å². The zero-order chi connectivity index (χ0) is 10.7. The van der Waals surface area contributed by atoms with Gasteiger partial charge in [-0.05, 0) is 70.1 Å². The highest BCUT2D eigenvalue weighted by Gasteiger charge is 2.52. The second-order valence-corrected chi connectivity index (χ2v) is 6.81. The van der Waals surface area contributed by atoms with Gasteiger partial charge in [0, 0.05) is 0 Å². The molecule has 4 fully saturated rings. The van der Waals surface area contributed by atoms with Gasteiger partial charge in [0.1, 0.15) is 5.72 Å². The molecule has 4 rings (SSSR count). The molecule has 0 aromatic rings. The highest BCUT2D eigenvalue weighted by molar-refractivity contribution is 5.03. The van der Waals surface area contributed by atoms with Crippen LogP contribution in [0.5, 0.6) is 0 Å². The first-order chi connectivity index (χ1) is 6.94. The molecule has 0 atom stereocenters. The molecule has 0 unspecified atom stereocenters. The van der Waals surface area contributed by atoms with Crippen LogP contribution in [0.15, 0.2) is 0 Å². The average molecular weight is 209 g/mol. The van der Waals surface area contributed by atoms with Gasteiger partial charge in [0.2, 0.25) is 0 Å². The quantitative estimate of drug-likeness (QED) is 0.710. The molecule has 15 heavy (non-hydrogen) atoms. The summed E-state index contributed by atoms with van der Waals surface area (Å²) in [4.78, 5) is 0. The molecule has 4 aliphatic rings. The fourth-order valence-corrected chi connectivity index (χ4v) is 4.71. The van der Waals surface area contributed by atoms with E-state index in [1.165, 1.54) is 38.5 Å². The van der Waals surface area contributed by atoms with E-state index in [2.05, 4.69) is 0 Å². The molecule has 4 aliphatic carbocycles. The van der Waals surface area contributed by atoms with Crippen LogP contribution >= 0.6 is 0 Å². The summed E-state index contributed by atoms with van der Waals surface area (Å²) in [7, 11) is 0. The molecule has 0 aromatic heterocycles. The van der Waals surface area contributed by atoms with E-state index in [1.807, 2.05) is 13.8 Å². The predicted molar refractivity (Wildman–Crippen MR) is 60.3 cm³/mol. The summed E-state index contributed by atoms with van der Waals surface area (Å²) in [5.74, 6) is 2.83. The third kappa shape index (κ3) is 1.83. The van der Waals surface area contributed by atoms with E-state index in [0.717, 1.165) is 17.8 Å². The SMILES string of the molecule is CC(C)(N)OC12CC3CC(CC(C3)C1)C2. The van der Waals surface area contributed by atoms with Crippen LogP contribution in [0.25, 0.3) is 0 Å². The van der Waals surface area contributed by atoms with Gasteiger partial charge < -0.3 is 10.5 Å². The van der Waals surface area contributed by atoms with E-state index < -0.39 is 5.72 Å². The van der Waals surface area contributed by atoms with Crippen molar-refractivity contribution in [2.45, 2.75) is 63.7 Å². The summed E-state index contributed by atoms with van der Waals surface area (Å²) < 4.78 is 6.22. The predicted octanol–water partition coefficient (Wildman–Crippen LogP) is 2.67. The van der Waals surface area contributed by atoms with Crippen molar-refractivity contribution >= 4 is 0 Å². The van der Waals surface area contributed by atoms with Crippen LogP contribution in [0.2, 0.25) is 0 Å². The van der Waals surface area contributed by atoms with Crippen molar-refractivity contribution < 1.29 is 4.74 Å². The summed E-state index contributed by atoms with van der Waals surface area (Å²) in [6.45, 7) is 3.98. The van der Waals surface area contributed by atoms with Gasteiger partial charge in [0.25, 0.3) is 0 Å². The van der Waals surface area contributed by atoms with Gasteiger partial charge in [-0.15, -0.1) is 0 Å². The minimum absolute atomic E-state index is 0.160. The molecule has 0 aromatic carbocycles. The summed E-state index contributed by atoms with van der Waals surface area (Å²) in [5.41, 5.74) is 5.74.